The maximum Gasteiger partial charge on any atom is 0.146 e. The van der Waals surface area contributed by atoms with Gasteiger partial charge in [-0.15, -0.1) is 0 Å². The number of hydrogen-bond donors (Lipinski definition) is 2. The fourth-order valence-corrected chi connectivity index (χ4v) is 1.63. The Balaban J connectivity index is 2.44. The van der Waals surface area contributed by atoms with Crippen LogP contribution in [0.1, 0.15) is 17.3 Å². The lowest BCUT2D eigenvalue weighted by Gasteiger charge is -2.16. The van der Waals surface area contributed by atoms with Crippen LogP contribution in [0.4, 0.5) is 8.78 Å². The molecule has 5 heteroatoms. The van der Waals surface area contributed by atoms with Gasteiger partial charge in [-0.2, -0.15) is 0 Å². The SMILES string of the molecule is NNC(c1cccc(F)c1)c1ncccc1F. The lowest BCUT2D eigenvalue weighted by Crippen LogP contribution is -2.30. The van der Waals surface area contributed by atoms with Crippen molar-refractivity contribution in [1.29, 1.82) is 0 Å². The minimum absolute atomic E-state index is 0.139. The maximum absolute atomic E-state index is 13.6. The zero-order valence-electron chi connectivity index (χ0n) is 8.90. The van der Waals surface area contributed by atoms with Crippen molar-refractivity contribution in [2.24, 2.45) is 5.84 Å². The third kappa shape index (κ3) is 2.46. The number of hydrazine groups is 1. The van der Waals surface area contributed by atoms with Gasteiger partial charge >= 0.3 is 0 Å². The molecule has 1 aromatic carbocycles. The van der Waals surface area contributed by atoms with E-state index in [1.54, 1.807) is 6.07 Å². The molecule has 1 aromatic heterocycles. The number of pyridine rings is 1. The summed E-state index contributed by atoms with van der Waals surface area (Å²) in [5.41, 5.74) is 3.09. The first-order chi connectivity index (χ1) is 8.22. The molecule has 88 valence electrons. The van der Waals surface area contributed by atoms with E-state index < -0.39 is 17.7 Å². The third-order valence-electron chi connectivity index (χ3n) is 2.41. The van der Waals surface area contributed by atoms with Crippen LogP contribution in [0.5, 0.6) is 0 Å². The first-order valence-electron chi connectivity index (χ1n) is 5.04. The van der Waals surface area contributed by atoms with Gasteiger partial charge in [0.2, 0.25) is 0 Å². The molecule has 0 aliphatic heterocycles. The number of nitrogens with two attached hydrogens (primary N) is 1. The minimum atomic E-state index is -0.674. The van der Waals surface area contributed by atoms with Crippen LogP contribution in [-0.2, 0) is 0 Å². The Morgan fingerprint density at radius 3 is 2.65 bits per heavy atom. The van der Waals surface area contributed by atoms with Gasteiger partial charge in [0.1, 0.15) is 11.6 Å². The van der Waals surface area contributed by atoms with Crippen molar-refractivity contribution in [2.45, 2.75) is 6.04 Å². The van der Waals surface area contributed by atoms with Gasteiger partial charge in [-0.25, -0.2) is 14.2 Å². The monoisotopic (exact) mass is 235 g/mol. The molecule has 3 N–H and O–H groups in total. The topological polar surface area (TPSA) is 50.9 Å². The smallest absolute Gasteiger partial charge is 0.146 e. The molecule has 0 radical (unpaired) electrons. The summed E-state index contributed by atoms with van der Waals surface area (Å²) < 4.78 is 26.7. The molecule has 0 fully saturated rings. The van der Waals surface area contributed by atoms with Crippen molar-refractivity contribution in [3.63, 3.8) is 0 Å². The van der Waals surface area contributed by atoms with Crippen molar-refractivity contribution in [2.75, 3.05) is 0 Å². The Bertz CT molecular complexity index is 517. The predicted octanol–water partition coefficient (Wildman–Crippen LogP) is 1.91. The second-order valence-corrected chi connectivity index (χ2v) is 3.53. The third-order valence-corrected chi connectivity index (χ3v) is 2.41. The first-order valence-corrected chi connectivity index (χ1v) is 5.04. The highest BCUT2D eigenvalue weighted by Crippen LogP contribution is 2.22. The largest absolute Gasteiger partial charge is 0.271 e. The van der Waals surface area contributed by atoms with Gasteiger partial charge in [-0.05, 0) is 29.8 Å². The summed E-state index contributed by atoms with van der Waals surface area (Å²) in [5.74, 6) is 4.49. The highest BCUT2D eigenvalue weighted by atomic mass is 19.1. The average molecular weight is 235 g/mol. The van der Waals surface area contributed by atoms with Gasteiger partial charge in [0.15, 0.2) is 0 Å². The summed E-state index contributed by atoms with van der Waals surface area (Å²) in [6.45, 7) is 0. The van der Waals surface area contributed by atoms with Gasteiger partial charge in [0.05, 0.1) is 11.7 Å². The lowest BCUT2D eigenvalue weighted by molar-refractivity contribution is 0.540. The van der Waals surface area contributed by atoms with Crippen molar-refractivity contribution in [3.05, 3.63) is 65.5 Å². The van der Waals surface area contributed by atoms with Crippen LogP contribution in [-0.4, -0.2) is 4.98 Å². The summed E-state index contributed by atoms with van der Waals surface area (Å²) >= 11 is 0. The number of nitrogens with one attached hydrogen (secondary N) is 1. The molecule has 17 heavy (non-hydrogen) atoms. The molecule has 1 atom stereocenters. The van der Waals surface area contributed by atoms with Gasteiger partial charge in [0, 0.05) is 6.20 Å². The van der Waals surface area contributed by atoms with Crippen LogP contribution in [0, 0.1) is 11.6 Å². The molecule has 0 saturated carbocycles. The summed E-state index contributed by atoms with van der Waals surface area (Å²) in [7, 11) is 0. The van der Waals surface area contributed by atoms with E-state index in [-0.39, 0.29) is 5.69 Å². The Morgan fingerprint density at radius 2 is 2.00 bits per heavy atom. The van der Waals surface area contributed by atoms with Crippen molar-refractivity contribution < 1.29 is 8.78 Å². The highest BCUT2D eigenvalue weighted by molar-refractivity contribution is 5.28. The van der Waals surface area contributed by atoms with E-state index in [1.165, 1.54) is 36.5 Å². The van der Waals surface area contributed by atoms with Gasteiger partial charge < -0.3 is 0 Å². The van der Waals surface area contributed by atoms with Crippen molar-refractivity contribution in [3.8, 4) is 0 Å². The van der Waals surface area contributed by atoms with E-state index in [2.05, 4.69) is 10.4 Å². The first kappa shape index (κ1) is 11.6. The van der Waals surface area contributed by atoms with Crippen LogP contribution in [0.3, 0.4) is 0 Å². The molecule has 0 aliphatic carbocycles. The molecule has 0 spiro atoms. The minimum Gasteiger partial charge on any atom is -0.271 e. The number of benzene rings is 1. The molecule has 1 heterocycles. The Morgan fingerprint density at radius 1 is 1.18 bits per heavy atom. The molecule has 3 nitrogen and oxygen atoms in total. The molecule has 0 amide bonds. The number of aromatic nitrogens is 1. The molecule has 0 bridgehead atoms. The van der Waals surface area contributed by atoms with Crippen LogP contribution in [0.2, 0.25) is 0 Å². The number of nitrogens with zero attached hydrogens (tertiary/aromatic N) is 1. The van der Waals surface area contributed by atoms with E-state index in [0.29, 0.717) is 5.56 Å². The number of rotatable bonds is 3. The maximum atomic E-state index is 13.6. The highest BCUT2D eigenvalue weighted by Gasteiger charge is 2.17. The van der Waals surface area contributed by atoms with Crippen LogP contribution < -0.4 is 11.3 Å². The van der Waals surface area contributed by atoms with Crippen LogP contribution in [0.25, 0.3) is 0 Å². The second-order valence-electron chi connectivity index (χ2n) is 3.53. The lowest BCUT2D eigenvalue weighted by atomic mass is 10.0. The van der Waals surface area contributed by atoms with Gasteiger partial charge in [-0.1, -0.05) is 12.1 Å². The second kappa shape index (κ2) is 4.99. The van der Waals surface area contributed by atoms with Gasteiger partial charge in [-0.3, -0.25) is 10.8 Å². The molecule has 0 aliphatic rings. The molecule has 1 unspecified atom stereocenters. The summed E-state index contributed by atoms with van der Waals surface area (Å²) in [4.78, 5) is 3.92. The molecule has 2 rings (SSSR count). The number of hydrogen-bond acceptors (Lipinski definition) is 3. The van der Waals surface area contributed by atoms with E-state index in [4.69, 9.17) is 5.84 Å². The van der Waals surface area contributed by atoms with E-state index >= 15 is 0 Å². The molecule has 2 aromatic rings. The van der Waals surface area contributed by atoms with Crippen LogP contribution in [0.15, 0.2) is 42.6 Å². The van der Waals surface area contributed by atoms with Gasteiger partial charge in [0.25, 0.3) is 0 Å². The normalized spacial score (nSPS) is 12.4. The molecular formula is C12H11F2N3. The van der Waals surface area contributed by atoms with Crippen molar-refractivity contribution >= 4 is 0 Å². The Labute approximate surface area is 97.3 Å². The average Bonchev–Trinajstić information content (AvgIpc) is 2.33. The summed E-state index contributed by atoms with van der Waals surface area (Å²) in [6, 6.07) is 7.89. The molecular weight excluding hydrogens is 224 g/mol. The Hall–Kier alpha value is -1.85. The summed E-state index contributed by atoms with van der Waals surface area (Å²) in [5, 5.41) is 0. The zero-order valence-corrected chi connectivity index (χ0v) is 8.90. The fraction of sp³-hybridized carbons (Fsp3) is 0.0833. The van der Waals surface area contributed by atoms with E-state index in [0.717, 1.165) is 0 Å². The molecule has 0 saturated heterocycles. The van der Waals surface area contributed by atoms with Crippen LogP contribution >= 0.6 is 0 Å². The summed E-state index contributed by atoms with van der Waals surface area (Å²) in [6.07, 6.45) is 1.46. The standard InChI is InChI=1S/C12H11F2N3/c13-9-4-1-3-8(7-9)11(17-15)12-10(14)5-2-6-16-12/h1-7,11,17H,15H2. The zero-order chi connectivity index (χ0) is 12.3. The number of halogens is 2. The van der Waals surface area contributed by atoms with E-state index in [9.17, 15) is 8.78 Å². The quantitative estimate of drug-likeness (QED) is 0.631. The van der Waals surface area contributed by atoms with E-state index in [1.807, 2.05) is 0 Å². The predicted molar refractivity (Wildman–Crippen MR) is 59.8 cm³/mol. The van der Waals surface area contributed by atoms with Crippen molar-refractivity contribution in [1.82, 2.24) is 10.4 Å². The Kier molecular flexibility index (Phi) is 3.41. The fourth-order valence-electron chi connectivity index (χ4n) is 1.63.